The molecule has 2 aromatic heterocycles. The lowest BCUT2D eigenvalue weighted by atomic mass is 9.95. The molecule has 0 radical (unpaired) electrons. The van der Waals surface area contributed by atoms with Crippen LogP contribution in [-0.4, -0.2) is 51.6 Å². The number of rotatable bonds is 9. The second-order valence-corrected chi connectivity index (χ2v) is 9.41. The maximum atomic E-state index is 12.8. The first-order valence-corrected chi connectivity index (χ1v) is 11.9. The van der Waals surface area contributed by atoms with Crippen molar-refractivity contribution in [2.45, 2.75) is 52.4 Å². The van der Waals surface area contributed by atoms with Gasteiger partial charge in [0.1, 0.15) is 11.6 Å². The monoisotopic (exact) mass is 488 g/mol. The number of halogens is 1. The topological polar surface area (TPSA) is 114 Å². The van der Waals surface area contributed by atoms with Crippen molar-refractivity contribution < 1.29 is 19.4 Å². The van der Waals surface area contributed by atoms with Crippen LogP contribution in [0.15, 0.2) is 24.7 Å². The highest BCUT2D eigenvalue weighted by molar-refractivity contribution is 6.33. The first-order valence-electron chi connectivity index (χ1n) is 11.5. The van der Waals surface area contributed by atoms with Gasteiger partial charge < -0.3 is 15.2 Å². The normalized spacial score (nSPS) is 20.5. The van der Waals surface area contributed by atoms with Crippen LogP contribution in [0.4, 0.5) is 5.82 Å². The number of carboxylic acids is 1. The summed E-state index contributed by atoms with van der Waals surface area (Å²) in [5.74, 6) is 0.505. The molecule has 0 amide bonds. The molecule has 1 saturated carbocycles. The fourth-order valence-electron chi connectivity index (χ4n) is 4.68. The van der Waals surface area contributed by atoms with Gasteiger partial charge in [-0.3, -0.25) is 19.6 Å². The second-order valence-electron chi connectivity index (χ2n) is 9.00. The Kier molecular flexibility index (Phi) is 9.36. The highest BCUT2D eigenvalue weighted by Crippen LogP contribution is 2.34. The van der Waals surface area contributed by atoms with E-state index in [1.54, 1.807) is 24.7 Å². The van der Waals surface area contributed by atoms with Crippen molar-refractivity contribution in [2.75, 3.05) is 25.1 Å². The molecular formula is C25H33ClN4O4. The number of nitrogens with zero attached hydrogens (tertiary/aromatic N) is 3. The smallest absolute Gasteiger partial charge is 0.303 e. The summed E-state index contributed by atoms with van der Waals surface area (Å²) >= 11 is 6.41. The highest BCUT2D eigenvalue weighted by atomic mass is 35.5. The predicted octanol–water partition coefficient (Wildman–Crippen LogP) is 4.67. The van der Waals surface area contributed by atoms with Gasteiger partial charge in [0, 0.05) is 56.0 Å². The minimum Gasteiger partial charge on any atom is -0.481 e. The lowest BCUT2D eigenvalue weighted by Crippen LogP contribution is -2.23. The van der Waals surface area contributed by atoms with Gasteiger partial charge in [0.25, 0.3) is 0 Å². The SMILES string of the molecule is C.O=C(O)C[C@H]1CC[C@@H](C(=O)Cc2cc(-c3cncc(NCC4CCOCC4)n3)c(Cl)cn2)C1. The number of anilines is 1. The third-order valence-electron chi connectivity index (χ3n) is 6.55. The minimum absolute atomic E-state index is 0. The van der Waals surface area contributed by atoms with Gasteiger partial charge in [0.2, 0.25) is 0 Å². The minimum atomic E-state index is -0.803. The van der Waals surface area contributed by atoms with Crippen LogP contribution in [-0.2, 0) is 20.7 Å². The summed E-state index contributed by atoms with van der Waals surface area (Å²) in [5.41, 5.74) is 1.94. The van der Waals surface area contributed by atoms with E-state index in [2.05, 4.69) is 20.3 Å². The van der Waals surface area contributed by atoms with Crippen molar-refractivity contribution in [1.29, 1.82) is 0 Å². The Morgan fingerprint density at radius 2 is 1.91 bits per heavy atom. The molecule has 1 aliphatic carbocycles. The summed E-state index contributed by atoms with van der Waals surface area (Å²) in [6.45, 7) is 2.41. The zero-order valence-corrected chi connectivity index (χ0v) is 19.3. The van der Waals surface area contributed by atoms with E-state index >= 15 is 0 Å². The summed E-state index contributed by atoms with van der Waals surface area (Å²) in [6.07, 6.45) is 9.44. The van der Waals surface area contributed by atoms with Gasteiger partial charge in [-0.15, -0.1) is 0 Å². The summed E-state index contributed by atoms with van der Waals surface area (Å²) in [7, 11) is 0. The van der Waals surface area contributed by atoms with Crippen LogP contribution in [0.1, 0.15) is 51.6 Å². The van der Waals surface area contributed by atoms with E-state index in [0.29, 0.717) is 40.1 Å². The molecule has 2 N–H and O–H groups in total. The number of carboxylic acid groups (broad SMARTS) is 1. The zero-order valence-electron chi connectivity index (χ0n) is 18.5. The van der Waals surface area contributed by atoms with Crippen molar-refractivity contribution in [2.24, 2.45) is 17.8 Å². The first-order chi connectivity index (χ1) is 16.0. The average molecular weight is 489 g/mol. The number of carbonyl (C=O) groups is 2. The summed E-state index contributed by atoms with van der Waals surface area (Å²) in [6, 6.07) is 1.80. The average Bonchev–Trinajstić information content (AvgIpc) is 3.28. The van der Waals surface area contributed by atoms with Crippen LogP contribution >= 0.6 is 11.6 Å². The van der Waals surface area contributed by atoms with Crippen molar-refractivity contribution in [3.05, 3.63) is 35.4 Å². The number of nitrogens with one attached hydrogen (secondary N) is 1. The fourth-order valence-corrected chi connectivity index (χ4v) is 4.88. The number of pyridine rings is 1. The number of hydrogen-bond donors (Lipinski definition) is 2. The van der Waals surface area contributed by atoms with E-state index in [1.807, 2.05) is 0 Å². The molecule has 2 aliphatic rings. The van der Waals surface area contributed by atoms with E-state index < -0.39 is 5.97 Å². The number of carbonyl (C=O) groups excluding carboxylic acids is 1. The molecule has 3 heterocycles. The third kappa shape index (κ3) is 6.96. The number of aliphatic carboxylic acids is 1. The summed E-state index contributed by atoms with van der Waals surface area (Å²) in [4.78, 5) is 37.1. The Bertz CT molecular complexity index is 997. The Labute approximate surface area is 205 Å². The van der Waals surface area contributed by atoms with Gasteiger partial charge in [-0.2, -0.15) is 0 Å². The van der Waals surface area contributed by atoms with E-state index in [0.717, 1.165) is 45.4 Å². The molecule has 2 atom stereocenters. The Balaban J connectivity index is 0.00000324. The van der Waals surface area contributed by atoms with Crippen LogP contribution in [0.5, 0.6) is 0 Å². The van der Waals surface area contributed by atoms with Gasteiger partial charge in [-0.1, -0.05) is 19.0 Å². The standard InChI is InChI=1S/C24H29ClN4O4.CH4/c25-20-12-27-18(10-22(30)17-2-1-16(7-17)8-24(31)32)9-19(20)21-13-26-14-23(29-21)28-11-15-3-5-33-6-4-15;/h9,12-17H,1-8,10-11H2,(H,28,29)(H,31,32);1H4/t16-,17+;/m0./s1. The van der Waals surface area contributed by atoms with Crippen molar-refractivity contribution in [3.8, 4) is 11.3 Å². The number of hydrogen-bond acceptors (Lipinski definition) is 7. The predicted molar refractivity (Wildman–Crippen MR) is 131 cm³/mol. The lowest BCUT2D eigenvalue weighted by Gasteiger charge is -2.22. The molecule has 2 fully saturated rings. The molecule has 1 aliphatic heterocycles. The molecule has 0 aromatic carbocycles. The summed E-state index contributed by atoms with van der Waals surface area (Å²) in [5, 5.41) is 12.8. The molecule has 4 rings (SSSR count). The molecule has 2 aromatic rings. The van der Waals surface area contributed by atoms with Crippen LogP contribution in [0.3, 0.4) is 0 Å². The van der Waals surface area contributed by atoms with Crippen molar-refractivity contribution >= 4 is 29.2 Å². The van der Waals surface area contributed by atoms with E-state index in [4.69, 9.17) is 21.4 Å². The number of ether oxygens (including phenoxy) is 1. The maximum Gasteiger partial charge on any atom is 0.303 e. The van der Waals surface area contributed by atoms with Gasteiger partial charge in [-0.05, 0) is 50.0 Å². The quantitative estimate of drug-likeness (QED) is 0.523. The van der Waals surface area contributed by atoms with Gasteiger partial charge in [0.05, 0.1) is 23.1 Å². The third-order valence-corrected chi connectivity index (χ3v) is 6.85. The molecule has 9 heteroatoms. The molecule has 34 heavy (non-hydrogen) atoms. The van der Waals surface area contributed by atoms with E-state index in [9.17, 15) is 9.59 Å². The maximum absolute atomic E-state index is 12.8. The van der Waals surface area contributed by atoms with Crippen molar-refractivity contribution in [3.63, 3.8) is 0 Å². The largest absolute Gasteiger partial charge is 0.481 e. The Morgan fingerprint density at radius 1 is 1.12 bits per heavy atom. The van der Waals surface area contributed by atoms with Crippen LogP contribution < -0.4 is 5.32 Å². The lowest BCUT2D eigenvalue weighted by molar-refractivity contribution is -0.138. The van der Waals surface area contributed by atoms with Gasteiger partial charge in [-0.25, -0.2) is 4.98 Å². The Morgan fingerprint density at radius 3 is 2.68 bits per heavy atom. The van der Waals surface area contributed by atoms with Gasteiger partial charge >= 0.3 is 5.97 Å². The van der Waals surface area contributed by atoms with Crippen LogP contribution in [0.2, 0.25) is 5.02 Å². The highest BCUT2D eigenvalue weighted by Gasteiger charge is 2.31. The molecule has 0 bridgehead atoms. The Hall–Kier alpha value is -2.58. The van der Waals surface area contributed by atoms with Crippen LogP contribution in [0.25, 0.3) is 11.3 Å². The molecular weight excluding hydrogens is 456 g/mol. The van der Waals surface area contributed by atoms with Gasteiger partial charge in [0.15, 0.2) is 0 Å². The van der Waals surface area contributed by atoms with Crippen LogP contribution in [0, 0.1) is 17.8 Å². The second kappa shape index (κ2) is 12.2. The first kappa shape index (κ1) is 26.0. The molecule has 8 nitrogen and oxygen atoms in total. The van der Waals surface area contributed by atoms with Crippen molar-refractivity contribution in [1.82, 2.24) is 15.0 Å². The number of Topliss-reactive ketones (excluding diaryl/α,β-unsaturated/α-hetero) is 1. The number of aromatic nitrogens is 3. The fraction of sp³-hybridized carbons (Fsp3) is 0.560. The van der Waals surface area contributed by atoms with E-state index in [1.165, 1.54) is 0 Å². The molecule has 1 saturated heterocycles. The molecule has 0 unspecified atom stereocenters. The summed E-state index contributed by atoms with van der Waals surface area (Å²) < 4.78 is 5.41. The molecule has 0 spiro atoms. The molecule has 184 valence electrons. The van der Waals surface area contributed by atoms with E-state index in [-0.39, 0.29) is 37.9 Å². The zero-order chi connectivity index (χ0) is 23.2. The number of ketones is 1.